The summed E-state index contributed by atoms with van der Waals surface area (Å²) < 4.78 is 10.2. The van der Waals surface area contributed by atoms with Gasteiger partial charge in [0.2, 0.25) is 5.69 Å². The molecule has 3 aromatic rings. The summed E-state index contributed by atoms with van der Waals surface area (Å²) >= 11 is 0. The Kier molecular flexibility index (Phi) is 4.62. The molecular formula is C24H28N7O2+. The van der Waals surface area contributed by atoms with Crippen LogP contribution in [0.4, 0.5) is 23.0 Å². The van der Waals surface area contributed by atoms with E-state index in [1.807, 2.05) is 13.1 Å². The van der Waals surface area contributed by atoms with Crippen molar-refractivity contribution in [3.63, 3.8) is 0 Å². The largest absolute Gasteiger partial charge is 0.373 e. The first-order valence-corrected chi connectivity index (χ1v) is 11.5. The zero-order valence-corrected chi connectivity index (χ0v) is 19.1. The molecule has 1 aliphatic carbocycles. The number of carbonyl (C=O) groups is 1. The Morgan fingerprint density at radius 3 is 3.00 bits per heavy atom. The fourth-order valence-corrected chi connectivity index (χ4v) is 5.37. The van der Waals surface area contributed by atoms with Crippen molar-refractivity contribution in [2.24, 2.45) is 0 Å². The number of carbonyl (C=O) groups excluding carboxylic acids is 1. The third-order valence-electron chi connectivity index (χ3n) is 6.96. The summed E-state index contributed by atoms with van der Waals surface area (Å²) in [6.45, 7) is 2.71. The summed E-state index contributed by atoms with van der Waals surface area (Å²) in [5.41, 5.74) is 5.45. The predicted octanol–water partition coefficient (Wildman–Crippen LogP) is 3.16. The van der Waals surface area contributed by atoms with Crippen LogP contribution in [0.15, 0.2) is 24.4 Å². The first kappa shape index (κ1) is 20.2. The number of nitrogens with one attached hydrogen (secondary N) is 3. The average molecular weight is 447 g/mol. The fraction of sp³-hybridized carbons (Fsp3) is 0.417. The molecule has 9 nitrogen and oxygen atoms in total. The van der Waals surface area contributed by atoms with Gasteiger partial charge in [-0.2, -0.15) is 9.61 Å². The molecule has 1 amide bonds. The Balaban J connectivity index is 1.55. The maximum atomic E-state index is 13.2. The van der Waals surface area contributed by atoms with Crippen LogP contribution in [-0.4, -0.2) is 57.5 Å². The summed E-state index contributed by atoms with van der Waals surface area (Å²) in [7, 11) is 3.90. The molecule has 3 N–H and O–H groups in total. The highest BCUT2D eigenvalue weighted by molar-refractivity contribution is 6.00. The molecule has 1 saturated carbocycles. The molecule has 4 bridgehead atoms. The number of aromatic nitrogens is 3. The van der Waals surface area contributed by atoms with Gasteiger partial charge in [-0.15, -0.1) is 0 Å². The second-order valence-corrected chi connectivity index (χ2v) is 9.19. The van der Waals surface area contributed by atoms with Gasteiger partial charge in [-0.05, 0) is 43.9 Å². The number of ether oxygens (including phenoxy) is 1. The summed E-state index contributed by atoms with van der Waals surface area (Å²) in [6, 6.07) is 6.27. The molecule has 33 heavy (non-hydrogen) atoms. The van der Waals surface area contributed by atoms with Crippen LogP contribution in [0.2, 0.25) is 0 Å². The maximum absolute atomic E-state index is 13.2. The number of benzene rings is 1. The van der Waals surface area contributed by atoms with E-state index >= 15 is 0 Å². The van der Waals surface area contributed by atoms with Crippen molar-refractivity contribution in [2.45, 2.75) is 50.9 Å². The molecule has 2 aromatic heterocycles. The highest BCUT2D eigenvalue weighted by atomic mass is 16.5. The highest BCUT2D eigenvalue weighted by Crippen LogP contribution is 2.40. The van der Waals surface area contributed by atoms with Gasteiger partial charge in [-0.1, -0.05) is 0 Å². The lowest BCUT2D eigenvalue weighted by Crippen LogP contribution is -2.41. The van der Waals surface area contributed by atoms with Crippen LogP contribution < -0.4 is 16.0 Å². The lowest BCUT2D eigenvalue weighted by Gasteiger charge is -2.22. The monoisotopic (exact) mass is 446 g/mol. The molecule has 1 aromatic carbocycles. The first-order valence-electron chi connectivity index (χ1n) is 11.5. The number of fused-ring (bicyclic) bond motifs is 6. The number of hydrogen-bond donors (Lipinski definition) is 3. The zero-order valence-electron chi connectivity index (χ0n) is 19.1. The lowest BCUT2D eigenvalue weighted by atomic mass is 9.99. The minimum Gasteiger partial charge on any atom is -0.373 e. The van der Waals surface area contributed by atoms with Crippen molar-refractivity contribution >= 4 is 40.8 Å². The van der Waals surface area contributed by atoms with E-state index in [4.69, 9.17) is 9.72 Å². The third kappa shape index (κ3) is 3.26. The van der Waals surface area contributed by atoms with Crippen molar-refractivity contribution in [1.29, 1.82) is 0 Å². The van der Waals surface area contributed by atoms with Gasteiger partial charge in [0, 0.05) is 18.7 Å². The van der Waals surface area contributed by atoms with Crippen LogP contribution in [0.5, 0.6) is 0 Å². The number of amides is 1. The molecule has 170 valence electrons. The Bertz CT molecular complexity index is 1310. The number of rotatable bonds is 1. The minimum atomic E-state index is -0.170. The van der Waals surface area contributed by atoms with E-state index in [2.05, 4.69) is 57.9 Å². The molecule has 2 aliphatic heterocycles. The maximum Gasteiger partial charge on any atom is 0.257 e. The molecule has 4 heterocycles. The second kappa shape index (κ2) is 7.55. The van der Waals surface area contributed by atoms with Crippen LogP contribution in [0.25, 0.3) is 5.65 Å². The van der Waals surface area contributed by atoms with E-state index in [1.165, 1.54) is 5.56 Å². The zero-order chi connectivity index (χ0) is 22.7. The Hall–Kier alpha value is -3.46. The Labute approximate surface area is 191 Å². The average Bonchev–Trinajstić information content (AvgIpc) is 3.49. The van der Waals surface area contributed by atoms with E-state index in [1.54, 1.807) is 10.7 Å². The Morgan fingerprint density at radius 2 is 2.15 bits per heavy atom. The molecule has 3 aliphatic rings. The highest BCUT2D eigenvalue weighted by Gasteiger charge is 2.33. The van der Waals surface area contributed by atoms with E-state index in [-0.39, 0.29) is 18.1 Å². The molecule has 0 spiro atoms. The molecule has 9 heteroatoms. The van der Waals surface area contributed by atoms with Gasteiger partial charge in [-0.3, -0.25) is 4.79 Å². The lowest BCUT2D eigenvalue weighted by molar-refractivity contribution is -0.395. The third-order valence-corrected chi connectivity index (χ3v) is 6.96. The van der Waals surface area contributed by atoms with Gasteiger partial charge in [0.1, 0.15) is 29.9 Å². The van der Waals surface area contributed by atoms with E-state index in [0.29, 0.717) is 29.6 Å². The quantitative estimate of drug-likeness (QED) is 0.497. The van der Waals surface area contributed by atoms with Gasteiger partial charge in [-0.25, -0.2) is 9.56 Å². The normalized spacial score (nSPS) is 24.0. The van der Waals surface area contributed by atoms with Crippen molar-refractivity contribution < 1.29 is 14.1 Å². The van der Waals surface area contributed by atoms with Gasteiger partial charge < -0.3 is 20.7 Å². The van der Waals surface area contributed by atoms with Gasteiger partial charge >= 0.3 is 0 Å². The van der Waals surface area contributed by atoms with E-state index < -0.39 is 0 Å². The molecule has 0 saturated heterocycles. The van der Waals surface area contributed by atoms with Gasteiger partial charge in [0.15, 0.2) is 11.9 Å². The molecule has 1 unspecified atom stereocenters. The number of anilines is 3. The summed E-state index contributed by atoms with van der Waals surface area (Å²) in [5, 5.41) is 14.3. The van der Waals surface area contributed by atoms with Crippen molar-refractivity contribution in [3.8, 4) is 0 Å². The number of hydrogen-bond acceptors (Lipinski definition) is 6. The predicted molar refractivity (Wildman–Crippen MR) is 126 cm³/mol. The molecular weight excluding hydrogens is 418 g/mol. The molecule has 6 rings (SSSR count). The van der Waals surface area contributed by atoms with Crippen molar-refractivity contribution in [3.05, 3.63) is 41.1 Å². The topological polar surface area (TPSA) is 95.6 Å². The van der Waals surface area contributed by atoms with Crippen LogP contribution in [0, 0.1) is 0 Å². The summed E-state index contributed by atoms with van der Waals surface area (Å²) in [5.74, 6) is 1.53. The van der Waals surface area contributed by atoms with E-state index in [0.717, 1.165) is 42.0 Å². The summed E-state index contributed by atoms with van der Waals surface area (Å²) in [6.07, 6.45) is 6.67. The number of nitrogens with zero attached hydrogens (tertiary/aromatic N) is 4. The van der Waals surface area contributed by atoms with E-state index in [9.17, 15) is 4.79 Å². The summed E-state index contributed by atoms with van der Waals surface area (Å²) in [4.78, 5) is 18.0. The van der Waals surface area contributed by atoms with Gasteiger partial charge in [0.05, 0.1) is 30.9 Å². The van der Waals surface area contributed by atoms with Crippen molar-refractivity contribution in [1.82, 2.24) is 19.9 Å². The first-order chi connectivity index (χ1) is 16.0. The van der Waals surface area contributed by atoms with Crippen LogP contribution in [0.3, 0.4) is 0 Å². The molecule has 0 radical (unpaired) electrons. The second-order valence-electron chi connectivity index (χ2n) is 9.19. The SMILES string of the molecule is CNc1cc2nc3c(cnn13)C(=O)N[C@@H]1CCC[C@@H]1OCc1cc(c3c(c1)C(C)C=[N+]3C)N2. The van der Waals surface area contributed by atoms with Crippen molar-refractivity contribution in [2.75, 3.05) is 24.7 Å². The van der Waals surface area contributed by atoms with Gasteiger partial charge in [0.25, 0.3) is 5.91 Å². The minimum absolute atomic E-state index is 0.00792. The smallest absolute Gasteiger partial charge is 0.257 e. The van der Waals surface area contributed by atoms with Crippen LogP contribution >= 0.6 is 0 Å². The van der Waals surface area contributed by atoms with Crippen LogP contribution in [-0.2, 0) is 11.3 Å². The fourth-order valence-electron chi connectivity index (χ4n) is 5.37. The Morgan fingerprint density at radius 1 is 1.27 bits per heavy atom. The molecule has 3 atom stereocenters. The van der Waals surface area contributed by atoms with Crippen LogP contribution in [0.1, 0.15) is 53.6 Å². The molecule has 1 fully saturated rings. The standard InChI is InChI=1S/C24H27N7O2/c1-13-11-30(3)22-15(13)7-14-8-18(22)27-20-9-21(25-2)31-23(29-20)16(10-26-31)24(32)28-17-5-4-6-19(17)33-12-14/h7-11,13,17,19H,4-6,12H2,1-3H3,(H2-,25,26,27,28,29,32)/p+1/t13?,17-,19+/m1/s1.